The summed E-state index contributed by atoms with van der Waals surface area (Å²) in [5.74, 6) is 0.387. The standard InChI is InChI=1S/C20H26N6O2.2H2/c1-3-28-18-6-4-5-16(18)25-20(27)26-19-10-14(11-21)17(12-23-19)24-15-7-8-22-13(2)9-15;;/h7-12,16,18,21H,3-6H2,1-2H3,(H,22,24)(H2,23,25,26,27);2*1H/t16-,18-;;/m0../s1. The lowest BCUT2D eigenvalue weighted by molar-refractivity contribution is 0.0516. The van der Waals surface area contributed by atoms with Crippen LogP contribution in [-0.2, 0) is 4.74 Å². The summed E-state index contributed by atoms with van der Waals surface area (Å²) in [5, 5.41) is 16.6. The number of hydrogen-bond acceptors (Lipinski definition) is 6. The first-order valence-electron chi connectivity index (χ1n) is 9.48. The highest BCUT2D eigenvalue weighted by atomic mass is 16.5. The van der Waals surface area contributed by atoms with Crippen molar-refractivity contribution in [3.8, 4) is 0 Å². The van der Waals surface area contributed by atoms with E-state index < -0.39 is 0 Å². The normalized spacial score (nSPS) is 18.5. The van der Waals surface area contributed by atoms with Crippen molar-refractivity contribution in [3.63, 3.8) is 0 Å². The summed E-state index contributed by atoms with van der Waals surface area (Å²) in [7, 11) is 0. The van der Waals surface area contributed by atoms with Gasteiger partial charge in [0.1, 0.15) is 5.82 Å². The summed E-state index contributed by atoms with van der Waals surface area (Å²) < 4.78 is 5.68. The van der Waals surface area contributed by atoms with E-state index in [1.807, 2.05) is 26.0 Å². The molecular formula is C20H30N6O2. The van der Waals surface area contributed by atoms with Gasteiger partial charge in [0, 0.05) is 38.8 Å². The molecule has 0 aliphatic heterocycles. The molecule has 0 spiro atoms. The third-order valence-corrected chi connectivity index (χ3v) is 4.66. The maximum Gasteiger partial charge on any atom is 0.320 e. The Hall–Kier alpha value is -3.00. The van der Waals surface area contributed by atoms with Crippen molar-refractivity contribution in [1.82, 2.24) is 15.3 Å². The van der Waals surface area contributed by atoms with Gasteiger partial charge in [0.15, 0.2) is 0 Å². The molecule has 1 saturated carbocycles. The maximum absolute atomic E-state index is 12.3. The largest absolute Gasteiger partial charge is 0.376 e. The van der Waals surface area contributed by atoms with Crippen LogP contribution in [0.4, 0.5) is 22.0 Å². The second-order valence-electron chi connectivity index (χ2n) is 6.74. The predicted molar refractivity (Wildman–Crippen MR) is 114 cm³/mol. The number of carbonyl (C=O) groups is 1. The van der Waals surface area contributed by atoms with E-state index in [0.717, 1.165) is 30.6 Å². The average Bonchev–Trinajstić information content (AvgIpc) is 3.10. The summed E-state index contributed by atoms with van der Waals surface area (Å²) in [4.78, 5) is 20.8. The molecule has 1 aliphatic carbocycles. The number of rotatable bonds is 7. The average molecular weight is 387 g/mol. The lowest BCUT2D eigenvalue weighted by Crippen LogP contribution is -2.43. The number of amides is 2. The zero-order valence-corrected chi connectivity index (χ0v) is 16.2. The molecule has 1 aliphatic rings. The van der Waals surface area contributed by atoms with Crippen molar-refractivity contribution in [2.24, 2.45) is 0 Å². The summed E-state index contributed by atoms with van der Waals surface area (Å²) in [6.45, 7) is 4.51. The van der Waals surface area contributed by atoms with Crippen LogP contribution in [0.1, 0.15) is 40.3 Å². The zero-order chi connectivity index (χ0) is 19.9. The van der Waals surface area contributed by atoms with Gasteiger partial charge in [-0.15, -0.1) is 0 Å². The molecule has 0 saturated heterocycles. The van der Waals surface area contributed by atoms with E-state index in [9.17, 15) is 4.79 Å². The van der Waals surface area contributed by atoms with Crippen LogP contribution in [0.2, 0.25) is 0 Å². The zero-order valence-electron chi connectivity index (χ0n) is 16.2. The molecule has 4 N–H and O–H groups in total. The molecule has 1 fully saturated rings. The minimum Gasteiger partial charge on any atom is -0.376 e. The third kappa shape index (κ3) is 5.04. The Labute approximate surface area is 167 Å². The molecule has 2 aromatic heterocycles. The molecule has 2 heterocycles. The Morgan fingerprint density at radius 3 is 3.00 bits per heavy atom. The summed E-state index contributed by atoms with van der Waals surface area (Å²) >= 11 is 0. The van der Waals surface area contributed by atoms with Gasteiger partial charge in [0.2, 0.25) is 0 Å². The fourth-order valence-electron chi connectivity index (χ4n) is 3.37. The molecule has 8 heteroatoms. The van der Waals surface area contributed by atoms with E-state index in [1.54, 1.807) is 18.5 Å². The van der Waals surface area contributed by atoms with E-state index in [-0.39, 0.29) is 21.0 Å². The topological polar surface area (TPSA) is 112 Å². The Morgan fingerprint density at radius 2 is 2.25 bits per heavy atom. The van der Waals surface area contributed by atoms with E-state index in [4.69, 9.17) is 10.1 Å². The number of aromatic nitrogens is 2. The first-order chi connectivity index (χ1) is 13.6. The quantitative estimate of drug-likeness (QED) is 0.535. The number of nitrogens with zero attached hydrogens (tertiary/aromatic N) is 2. The highest BCUT2D eigenvalue weighted by Crippen LogP contribution is 2.23. The van der Waals surface area contributed by atoms with Crippen LogP contribution >= 0.6 is 0 Å². The van der Waals surface area contributed by atoms with Crippen molar-refractivity contribution in [2.75, 3.05) is 17.2 Å². The van der Waals surface area contributed by atoms with E-state index in [2.05, 4.69) is 25.9 Å². The predicted octanol–water partition coefficient (Wildman–Crippen LogP) is 4.10. The van der Waals surface area contributed by atoms with E-state index in [1.165, 1.54) is 6.21 Å². The Kier molecular flexibility index (Phi) is 6.54. The van der Waals surface area contributed by atoms with Crippen molar-refractivity contribution >= 4 is 29.4 Å². The van der Waals surface area contributed by atoms with Crippen molar-refractivity contribution in [3.05, 3.63) is 41.9 Å². The molecule has 0 radical (unpaired) electrons. The molecule has 0 unspecified atom stereocenters. The van der Waals surface area contributed by atoms with Crippen LogP contribution in [0.25, 0.3) is 0 Å². The number of nitrogens with one attached hydrogen (secondary N) is 4. The van der Waals surface area contributed by atoms with E-state index >= 15 is 0 Å². The van der Waals surface area contributed by atoms with Crippen LogP contribution in [-0.4, -0.2) is 41.0 Å². The van der Waals surface area contributed by atoms with Crippen molar-refractivity contribution in [2.45, 2.75) is 45.3 Å². The van der Waals surface area contributed by atoms with Gasteiger partial charge < -0.3 is 20.8 Å². The SMILES string of the molecule is CCO[C@H]1CCC[C@@H]1NC(=O)Nc1cc(C=N)c(Nc2ccnc(C)c2)cn1.[HH].[HH]. The number of urea groups is 1. The van der Waals surface area contributed by atoms with Gasteiger partial charge in [-0.05, 0) is 51.3 Å². The minimum atomic E-state index is -0.314. The summed E-state index contributed by atoms with van der Waals surface area (Å²) in [6, 6.07) is 5.11. The minimum absolute atomic E-state index is 0. The van der Waals surface area contributed by atoms with Crippen LogP contribution in [0.3, 0.4) is 0 Å². The number of ether oxygens (including phenoxy) is 1. The fraction of sp³-hybridized carbons (Fsp3) is 0.400. The third-order valence-electron chi connectivity index (χ3n) is 4.66. The van der Waals surface area contributed by atoms with Gasteiger partial charge in [0.05, 0.1) is 24.0 Å². The molecule has 2 atom stereocenters. The highest BCUT2D eigenvalue weighted by molar-refractivity contribution is 5.92. The van der Waals surface area contributed by atoms with Crippen molar-refractivity contribution in [1.29, 1.82) is 5.41 Å². The lowest BCUT2D eigenvalue weighted by atomic mass is 10.2. The molecular weight excluding hydrogens is 356 g/mol. The van der Waals surface area contributed by atoms with Crippen LogP contribution in [0.15, 0.2) is 30.6 Å². The molecule has 28 heavy (non-hydrogen) atoms. The second-order valence-corrected chi connectivity index (χ2v) is 6.74. The first kappa shape index (κ1) is 19.8. The number of pyridine rings is 2. The fourth-order valence-corrected chi connectivity index (χ4v) is 3.37. The smallest absolute Gasteiger partial charge is 0.320 e. The number of carbonyl (C=O) groups excluding carboxylic acids is 1. The van der Waals surface area contributed by atoms with Gasteiger partial charge in [-0.25, -0.2) is 9.78 Å². The van der Waals surface area contributed by atoms with Crippen LogP contribution in [0, 0.1) is 12.3 Å². The molecule has 2 aromatic rings. The molecule has 8 nitrogen and oxygen atoms in total. The Balaban J connectivity index is 0.00000225. The monoisotopic (exact) mass is 386 g/mol. The number of anilines is 3. The number of aryl methyl sites for hydroxylation is 1. The van der Waals surface area contributed by atoms with Crippen molar-refractivity contribution < 1.29 is 12.4 Å². The van der Waals surface area contributed by atoms with Gasteiger partial charge in [0.25, 0.3) is 0 Å². The van der Waals surface area contributed by atoms with Crippen LogP contribution < -0.4 is 16.0 Å². The Morgan fingerprint density at radius 1 is 1.39 bits per heavy atom. The van der Waals surface area contributed by atoms with Gasteiger partial charge in [-0.3, -0.25) is 10.3 Å². The molecule has 0 bridgehead atoms. The van der Waals surface area contributed by atoms with Crippen LogP contribution in [0.5, 0.6) is 0 Å². The van der Waals surface area contributed by atoms with Gasteiger partial charge in [-0.2, -0.15) is 0 Å². The molecule has 2 amide bonds. The van der Waals surface area contributed by atoms with E-state index in [0.29, 0.717) is 23.7 Å². The highest BCUT2D eigenvalue weighted by Gasteiger charge is 2.29. The molecule has 152 valence electrons. The van der Waals surface area contributed by atoms with Gasteiger partial charge in [-0.1, -0.05) is 0 Å². The second kappa shape index (κ2) is 9.27. The summed E-state index contributed by atoms with van der Waals surface area (Å²) in [5.41, 5.74) is 3.05. The molecule has 0 aromatic carbocycles. The summed E-state index contributed by atoms with van der Waals surface area (Å²) in [6.07, 6.45) is 7.52. The lowest BCUT2D eigenvalue weighted by Gasteiger charge is -2.21. The maximum atomic E-state index is 12.3. The Bertz CT molecular complexity index is 852. The molecule has 3 rings (SSSR count). The number of hydrogen-bond donors (Lipinski definition) is 4. The van der Waals surface area contributed by atoms with Gasteiger partial charge >= 0.3 is 6.03 Å². The first-order valence-corrected chi connectivity index (χ1v) is 9.48.